The summed E-state index contributed by atoms with van der Waals surface area (Å²) in [6.45, 7) is 2.61. The Balaban J connectivity index is 1.57. The van der Waals surface area contributed by atoms with Crippen LogP contribution >= 0.6 is 0 Å². The predicted octanol–water partition coefficient (Wildman–Crippen LogP) is 3.29. The normalized spacial score (nSPS) is 16.8. The summed E-state index contributed by atoms with van der Waals surface area (Å²) >= 11 is 0. The van der Waals surface area contributed by atoms with Crippen LogP contribution in [0.2, 0.25) is 0 Å². The summed E-state index contributed by atoms with van der Waals surface area (Å²) in [7, 11) is 1.65. The average Bonchev–Trinajstić information content (AvgIpc) is 2.69. The maximum absolute atomic E-state index is 11.8. The lowest BCUT2D eigenvalue weighted by atomic mass is 9.84. The van der Waals surface area contributed by atoms with Crippen molar-refractivity contribution in [3.8, 4) is 11.8 Å². The number of rotatable bonds is 6. The highest BCUT2D eigenvalue weighted by molar-refractivity contribution is 5.39. The number of aromatic amines is 1. The quantitative estimate of drug-likeness (QED) is 0.867. The Morgan fingerprint density at radius 2 is 2.04 bits per heavy atom. The van der Waals surface area contributed by atoms with Crippen LogP contribution in [0.15, 0.2) is 47.4 Å². The number of para-hydroxylation sites is 1. The first-order valence-corrected chi connectivity index (χ1v) is 9.12. The first-order chi connectivity index (χ1) is 12.7. The number of pyridine rings is 1. The van der Waals surface area contributed by atoms with Gasteiger partial charge in [-0.05, 0) is 50.4 Å². The molecule has 1 N–H and O–H groups in total. The fourth-order valence-corrected chi connectivity index (χ4v) is 3.74. The van der Waals surface area contributed by atoms with Gasteiger partial charge in [-0.1, -0.05) is 24.3 Å². The van der Waals surface area contributed by atoms with Crippen LogP contribution in [0.4, 0.5) is 0 Å². The Morgan fingerprint density at radius 1 is 1.27 bits per heavy atom. The summed E-state index contributed by atoms with van der Waals surface area (Å²) in [5, 5.41) is 9.65. The van der Waals surface area contributed by atoms with E-state index in [4.69, 9.17) is 4.74 Å². The standard InChI is InChI=1S/C21H25N3O2/c1-26-20-7-3-2-6-19(20)18(14-22)13-16-8-11-24(12-9-16)15-17-5-4-10-23-21(17)25/h2-7,10,16,18H,8-9,11-13,15H2,1H3,(H,23,25). The van der Waals surface area contributed by atoms with Crippen LogP contribution in [0.1, 0.15) is 36.3 Å². The number of ether oxygens (including phenoxy) is 1. The molecule has 0 bridgehead atoms. The van der Waals surface area contributed by atoms with Crippen molar-refractivity contribution >= 4 is 0 Å². The third-order valence-electron chi connectivity index (χ3n) is 5.24. The lowest BCUT2D eigenvalue weighted by Crippen LogP contribution is -2.35. The lowest BCUT2D eigenvalue weighted by Gasteiger charge is -2.32. The third kappa shape index (κ3) is 4.33. The van der Waals surface area contributed by atoms with Gasteiger partial charge in [-0.2, -0.15) is 5.26 Å². The summed E-state index contributed by atoms with van der Waals surface area (Å²) in [6, 6.07) is 14.0. The SMILES string of the molecule is COc1ccccc1C(C#N)CC1CCN(Cc2ccc[nH]c2=O)CC1. The maximum atomic E-state index is 11.8. The van der Waals surface area contributed by atoms with Gasteiger partial charge in [-0.15, -0.1) is 0 Å². The van der Waals surface area contributed by atoms with Crippen molar-refractivity contribution in [2.24, 2.45) is 5.92 Å². The van der Waals surface area contributed by atoms with Crippen molar-refractivity contribution < 1.29 is 4.74 Å². The highest BCUT2D eigenvalue weighted by Crippen LogP contribution is 2.34. The molecule has 0 spiro atoms. The summed E-state index contributed by atoms with van der Waals surface area (Å²) in [6.07, 6.45) is 4.63. The van der Waals surface area contributed by atoms with E-state index in [0.717, 1.165) is 49.2 Å². The van der Waals surface area contributed by atoms with E-state index in [1.807, 2.05) is 36.4 Å². The molecule has 2 heterocycles. The van der Waals surface area contributed by atoms with Crippen LogP contribution in [0.3, 0.4) is 0 Å². The molecule has 1 unspecified atom stereocenters. The second-order valence-corrected chi connectivity index (χ2v) is 6.90. The minimum absolute atomic E-state index is 0.00431. The van der Waals surface area contributed by atoms with Gasteiger partial charge in [0, 0.05) is 23.9 Å². The molecule has 2 aromatic rings. The monoisotopic (exact) mass is 351 g/mol. The fraction of sp³-hybridized carbons (Fsp3) is 0.429. The van der Waals surface area contributed by atoms with Crippen LogP contribution in [-0.2, 0) is 6.54 Å². The fourth-order valence-electron chi connectivity index (χ4n) is 3.74. The number of piperidine rings is 1. The Kier molecular flexibility index (Phi) is 6.08. The largest absolute Gasteiger partial charge is 0.496 e. The topological polar surface area (TPSA) is 69.1 Å². The van der Waals surface area contributed by atoms with Gasteiger partial charge in [0.1, 0.15) is 5.75 Å². The van der Waals surface area contributed by atoms with E-state index in [1.165, 1.54) is 0 Å². The number of H-pyrrole nitrogens is 1. The molecule has 0 aliphatic carbocycles. The molecule has 1 fully saturated rings. The Bertz CT molecular complexity index is 816. The number of hydrogen-bond donors (Lipinski definition) is 1. The smallest absolute Gasteiger partial charge is 0.252 e. The first-order valence-electron chi connectivity index (χ1n) is 9.12. The molecule has 5 heteroatoms. The van der Waals surface area contributed by atoms with Gasteiger partial charge in [-0.3, -0.25) is 9.69 Å². The molecule has 136 valence electrons. The Morgan fingerprint density at radius 3 is 2.73 bits per heavy atom. The summed E-state index contributed by atoms with van der Waals surface area (Å²) in [4.78, 5) is 16.9. The van der Waals surface area contributed by atoms with Crippen molar-refractivity contribution in [1.82, 2.24) is 9.88 Å². The molecule has 3 rings (SSSR count). The summed E-state index contributed by atoms with van der Waals surface area (Å²) in [5.74, 6) is 1.18. The summed E-state index contributed by atoms with van der Waals surface area (Å²) in [5.41, 5.74) is 1.79. The van der Waals surface area contributed by atoms with Crippen LogP contribution in [-0.4, -0.2) is 30.1 Å². The van der Waals surface area contributed by atoms with E-state index < -0.39 is 0 Å². The van der Waals surface area contributed by atoms with E-state index in [0.29, 0.717) is 12.5 Å². The number of hydrogen-bond acceptors (Lipinski definition) is 4. The number of nitriles is 1. The van der Waals surface area contributed by atoms with E-state index in [1.54, 1.807) is 13.3 Å². The van der Waals surface area contributed by atoms with Crippen molar-refractivity contribution in [3.63, 3.8) is 0 Å². The zero-order chi connectivity index (χ0) is 18.4. The van der Waals surface area contributed by atoms with Gasteiger partial charge in [-0.25, -0.2) is 0 Å². The molecular weight excluding hydrogens is 326 g/mol. The predicted molar refractivity (Wildman–Crippen MR) is 101 cm³/mol. The van der Waals surface area contributed by atoms with E-state index in [-0.39, 0.29) is 11.5 Å². The first kappa shape index (κ1) is 18.2. The zero-order valence-corrected chi connectivity index (χ0v) is 15.1. The maximum Gasteiger partial charge on any atom is 0.252 e. The highest BCUT2D eigenvalue weighted by Gasteiger charge is 2.25. The number of aromatic nitrogens is 1. The van der Waals surface area contributed by atoms with Crippen molar-refractivity contribution in [2.75, 3.05) is 20.2 Å². The second kappa shape index (κ2) is 8.68. The second-order valence-electron chi connectivity index (χ2n) is 6.90. The van der Waals surface area contributed by atoms with Gasteiger partial charge in [0.25, 0.3) is 5.56 Å². The number of benzene rings is 1. The Labute approximate surface area is 154 Å². The average molecular weight is 351 g/mol. The van der Waals surface area contributed by atoms with E-state index >= 15 is 0 Å². The minimum atomic E-state index is -0.139. The molecule has 1 aliphatic rings. The molecular formula is C21H25N3O2. The molecule has 1 saturated heterocycles. The van der Waals surface area contributed by atoms with Gasteiger partial charge >= 0.3 is 0 Å². The van der Waals surface area contributed by atoms with Crippen molar-refractivity contribution in [3.05, 3.63) is 64.1 Å². The van der Waals surface area contributed by atoms with Crippen LogP contribution in [0, 0.1) is 17.2 Å². The highest BCUT2D eigenvalue weighted by atomic mass is 16.5. The minimum Gasteiger partial charge on any atom is -0.496 e. The summed E-state index contributed by atoms with van der Waals surface area (Å²) < 4.78 is 5.42. The van der Waals surface area contributed by atoms with Crippen LogP contribution in [0.5, 0.6) is 5.75 Å². The van der Waals surface area contributed by atoms with E-state index in [2.05, 4.69) is 16.0 Å². The zero-order valence-electron chi connectivity index (χ0n) is 15.1. The molecule has 5 nitrogen and oxygen atoms in total. The lowest BCUT2D eigenvalue weighted by molar-refractivity contribution is 0.170. The number of likely N-dealkylation sites (tertiary alicyclic amines) is 1. The van der Waals surface area contributed by atoms with Gasteiger partial charge in [0.05, 0.1) is 19.1 Å². The van der Waals surface area contributed by atoms with Crippen LogP contribution in [0.25, 0.3) is 0 Å². The van der Waals surface area contributed by atoms with Crippen molar-refractivity contribution in [1.29, 1.82) is 5.26 Å². The van der Waals surface area contributed by atoms with Gasteiger partial charge in [0.2, 0.25) is 0 Å². The third-order valence-corrected chi connectivity index (χ3v) is 5.24. The molecule has 0 saturated carbocycles. The van der Waals surface area contributed by atoms with Crippen LogP contribution < -0.4 is 10.3 Å². The molecule has 0 radical (unpaired) electrons. The molecule has 1 aromatic carbocycles. The molecule has 26 heavy (non-hydrogen) atoms. The molecule has 1 aromatic heterocycles. The number of nitrogens with zero attached hydrogens (tertiary/aromatic N) is 2. The van der Waals surface area contributed by atoms with Gasteiger partial charge in [0.15, 0.2) is 0 Å². The molecule has 1 aliphatic heterocycles. The Hall–Kier alpha value is -2.58. The number of nitrogens with one attached hydrogen (secondary N) is 1. The molecule has 1 atom stereocenters. The van der Waals surface area contributed by atoms with Crippen molar-refractivity contribution in [2.45, 2.75) is 31.7 Å². The molecule has 0 amide bonds. The number of methoxy groups -OCH3 is 1. The van der Waals surface area contributed by atoms with E-state index in [9.17, 15) is 10.1 Å². The van der Waals surface area contributed by atoms with Gasteiger partial charge < -0.3 is 9.72 Å².